The smallest absolute Gasteiger partial charge is 0.264 e. The lowest BCUT2D eigenvalue weighted by atomic mass is 10.1. The maximum absolute atomic E-state index is 12.2. The molecule has 0 aliphatic carbocycles. The monoisotopic (exact) mass is 268 g/mol. The summed E-state index contributed by atoms with van der Waals surface area (Å²) in [6.07, 6.45) is 3.17. The van der Waals surface area contributed by atoms with E-state index in [1.165, 1.54) is 5.56 Å². The highest BCUT2D eigenvalue weighted by Gasteiger charge is 2.12. The van der Waals surface area contributed by atoms with Crippen molar-refractivity contribution in [3.63, 3.8) is 0 Å². The predicted molar refractivity (Wildman–Crippen MR) is 78.3 cm³/mol. The lowest BCUT2D eigenvalue weighted by Gasteiger charge is -2.09. The molecule has 3 aromatic rings. The van der Waals surface area contributed by atoms with E-state index in [1.54, 1.807) is 21.8 Å². The second-order valence-corrected chi connectivity index (χ2v) is 4.85. The van der Waals surface area contributed by atoms with Gasteiger partial charge in [-0.2, -0.15) is 5.10 Å². The standard InChI is InChI=1S/C15H16N4O/c1-4-18-9-16-14-12(15(18)20)8-17-19(14)13-7-5-6-10(2)11(13)3/h5-9H,4H2,1-3H3. The van der Waals surface area contributed by atoms with Gasteiger partial charge in [0.25, 0.3) is 5.56 Å². The van der Waals surface area contributed by atoms with E-state index in [2.05, 4.69) is 23.1 Å². The zero-order valence-electron chi connectivity index (χ0n) is 11.8. The summed E-state index contributed by atoms with van der Waals surface area (Å²) in [6.45, 7) is 6.63. The van der Waals surface area contributed by atoms with E-state index in [4.69, 9.17) is 0 Å². The first-order valence-electron chi connectivity index (χ1n) is 6.63. The summed E-state index contributed by atoms with van der Waals surface area (Å²) in [5.41, 5.74) is 3.84. The number of rotatable bonds is 2. The van der Waals surface area contributed by atoms with E-state index in [0.29, 0.717) is 17.6 Å². The number of hydrogen-bond donors (Lipinski definition) is 0. The number of nitrogens with zero attached hydrogens (tertiary/aromatic N) is 4. The Morgan fingerprint density at radius 1 is 1.25 bits per heavy atom. The minimum atomic E-state index is -0.0472. The van der Waals surface area contributed by atoms with Crippen molar-refractivity contribution in [1.82, 2.24) is 19.3 Å². The number of benzene rings is 1. The summed E-state index contributed by atoms with van der Waals surface area (Å²) in [4.78, 5) is 16.6. The topological polar surface area (TPSA) is 52.7 Å². The van der Waals surface area contributed by atoms with Gasteiger partial charge in [0.05, 0.1) is 18.2 Å². The Morgan fingerprint density at radius 2 is 2.05 bits per heavy atom. The summed E-state index contributed by atoms with van der Waals surface area (Å²) in [6, 6.07) is 6.03. The van der Waals surface area contributed by atoms with Crippen LogP contribution in [-0.4, -0.2) is 19.3 Å². The van der Waals surface area contributed by atoms with Crippen LogP contribution >= 0.6 is 0 Å². The van der Waals surface area contributed by atoms with Crippen LogP contribution in [0.15, 0.2) is 35.5 Å². The number of aromatic nitrogens is 4. The molecular weight excluding hydrogens is 252 g/mol. The highest BCUT2D eigenvalue weighted by molar-refractivity contribution is 5.75. The summed E-state index contributed by atoms with van der Waals surface area (Å²) in [5, 5.41) is 4.90. The molecule has 0 N–H and O–H groups in total. The molecule has 0 unspecified atom stereocenters. The zero-order chi connectivity index (χ0) is 14.3. The van der Waals surface area contributed by atoms with Crippen LogP contribution in [0.1, 0.15) is 18.1 Å². The van der Waals surface area contributed by atoms with E-state index in [9.17, 15) is 4.79 Å². The molecule has 0 saturated carbocycles. The lowest BCUT2D eigenvalue weighted by Crippen LogP contribution is -2.19. The van der Waals surface area contributed by atoms with E-state index in [0.717, 1.165) is 11.3 Å². The molecule has 0 spiro atoms. The van der Waals surface area contributed by atoms with E-state index in [-0.39, 0.29) is 5.56 Å². The van der Waals surface area contributed by atoms with Gasteiger partial charge in [0, 0.05) is 6.54 Å². The average molecular weight is 268 g/mol. The Hall–Kier alpha value is -2.43. The minimum absolute atomic E-state index is 0.0472. The molecule has 0 amide bonds. The van der Waals surface area contributed by atoms with Crippen LogP contribution in [0.5, 0.6) is 0 Å². The van der Waals surface area contributed by atoms with Crippen molar-refractivity contribution in [3.8, 4) is 5.69 Å². The van der Waals surface area contributed by atoms with Gasteiger partial charge in [0.15, 0.2) is 5.65 Å². The molecule has 3 rings (SSSR count). The fraction of sp³-hybridized carbons (Fsp3) is 0.267. The van der Waals surface area contributed by atoms with Gasteiger partial charge < -0.3 is 0 Å². The Labute approximate surface area is 116 Å². The molecule has 5 heteroatoms. The third-order valence-electron chi connectivity index (χ3n) is 3.70. The number of hydrogen-bond acceptors (Lipinski definition) is 3. The Bertz CT molecular complexity index is 845. The summed E-state index contributed by atoms with van der Waals surface area (Å²) in [7, 11) is 0. The molecule has 2 heterocycles. The van der Waals surface area contributed by atoms with Gasteiger partial charge in [-0.15, -0.1) is 0 Å². The zero-order valence-corrected chi connectivity index (χ0v) is 11.8. The molecule has 2 aromatic heterocycles. The van der Waals surface area contributed by atoms with Crippen molar-refractivity contribution in [2.45, 2.75) is 27.3 Å². The van der Waals surface area contributed by atoms with Crippen molar-refractivity contribution in [2.75, 3.05) is 0 Å². The number of fused-ring (bicyclic) bond motifs is 1. The third-order valence-corrected chi connectivity index (χ3v) is 3.70. The minimum Gasteiger partial charge on any atom is -0.299 e. The molecular formula is C15H16N4O. The predicted octanol–water partition coefficient (Wildman–Crippen LogP) is 2.22. The van der Waals surface area contributed by atoms with Crippen molar-refractivity contribution in [1.29, 1.82) is 0 Å². The molecule has 0 aliphatic heterocycles. The SMILES string of the molecule is CCn1cnc2c(cnn2-c2cccc(C)c2C)c1=O. The van der Waals surface area contributed by atoms with Crippen molar-refractivity contribution >= 4 is 11.0 Å². The van der Waals surface area contributed by atoms with Crippen LogP contribution < -0.4 is 5.56 Å². The first-order chi connectivity index (χ1) is 9.63. The van der Waals surface area contributed by atoms with Gasteiger partial charge in [-0.3, -0.25) is 9.36 Å². The van der Waals surface area contributed by atoms with Gasteiger partial charge in [-0.05, 0) is 38.0 Å². The highest BCUT2D eigenvalue weighted by Crippen LogP contribution is 2.19. The molecule has 0 bridgehead atoms. The van der Waals surface area contributed by atoms with Gasteiger partial charge >= 0.3 is 0 Å². The molecule has 5 nitrogen and oxygen atoms in total. The van der Waals surface area contributed by atoms with E-state index < -0.39 is 0 Å². The van der Waals surface area contributed by atoms with Gasteiger partial charge in [-0.1, -0.05) is 12.1 Å². The Morgan fingerprint density at radius 3 is 2.80 bits per heavy atom. The maximum atomic E-state index is 12.2. The van der Waals surface area contributed by atoms with Crippen molar-refractivity contribution in [2.24, 2.45) is 0 Å². The first kappa shape index (κ1) is 12.6. The second-order valence-electron chi connectivity index (χ2n) is 4.85. The fourth-order valence-corrected chi connectivity index (χ4v) is 2.32. The highest BCUT2D eigenvalue weighted by atomic mass is 16.1. The van der Waals surface area contributed by atoms with E-state index >= 15 is 0 Å². The van der Waals surface area contributed by atoms with Gasteiger partial charge in [-0.25, -0.2) is 9.67 Å². The Balaban J connectivity index is 2.31. The van der Waals surface area contributed by atoms with E-state index in [1.807, 2.05) is 26.0 Å². The molecule has 0 fully saturated rings. The Kier molecular flexibility index (Phi) is 2.89. The average Bonchev–Trinajstić information content (AvgIpc) is 2.87. The maximum Gasteiger partial charge on any atom is 0.264 e. The number of aryl methyl sites for hydroxylation is 2. The largest absolute Gasteiger partial charge is 0.299 e. The van der Waals surface area contributed by atoms with Crippen LogP contribution in [0.2, 0.25) is 0 Å². The van der Waals surface area contributed by atoms with Gasteiger partial charge in [0.1, 0.15) is 5.39 Å². The normalized spacial score (nSPS) is 11.2. The van der Waals surface area contributed by atoms with Crippen LogP contribution in [0.25, 0.3) is 16.7 Å². The summed E-state index contributed by atoms with van der Waals surface area (Å²) >= 11 is 0. The third kappa shape index (κ3) is 1.74. The first-order valence-corrected chi connectivity index (χ1v) is 6.63. The molecule has 0 radical (unpaired) electrons. The van der Waals surface area contributed by atoms with Crippen LogP contribution in [0.3, 0.4) is 0 Å². The molecule has 1 aromatic carbocycles. The van der Waals surface area contributed by atoms with Crippen molar-refractivity contribution < 1.29 is 0 Å². The van der Waals surface area contributed by atoms with Crippen LogP contribution in [0.4, 0.5) is 0 Å². The quantitative estimate of drug-likeness (QED) is 0.716. The van der Waals surface area contributed by atoms with Crippen LogP contribution in [0, 0.1) is 13.8 Å². The molecule has 0 atom stereocenters. The summed E-state index contributed by atoms with van der Waals surface area (Å²) < 4.78 is 3.32. The lowest BCUT2D eigenvalue weighted by molar-refractivity contribution is 0.715. The van der Waals surface area contributed by atoms with Crippen LogP contribution in [-0.2, 0) is 6.54 Å². The summed E-state index contributed by atoms with van der Waals surface area (Å²) in [5.74, 6) is 0. The molecule has 0 aliphatic rings. The second kappa shape index (κ2) is 4.59. The fourth-order valence-electron chi connectivity index (χ4n) is 2.32. The molecule has 102 valence electrons. The van der Waals surface area contributed by atoms with Crippen molar-refractivity contribution in [3.05, 3.63) is 52.2 Å². The molecule has 20 heavy (non-hydrogen) atoms. The van der Waals surface area contributed by atoms with Gasteiger partial charge in [0.2, 0.25) is 0 Å². The molecule has 0 saturated heterocycles.